The zero-order valence-electron chi connectivity index (χ0n) is 14.2. The van der Waals surface area contributed by atoms with Gasteiger partial charge in [-0.2, -0.15) is 0 Å². The van der Waals surface area contributed by atoms with Crippen molar-refractivity contribution in [3.05, 3.63) is 119 Å². The molecule has 0 amide bonds. The fourth-order valence-corrected chi connectivity index (χ4v) is 2.84. The van der Waals surface area contributed by atoms with E-state index in [-0.39, 0.29) is 0 Å². The summed E-state index contributed by atoms with van der Waals surface area (Å²) in [5, 5.41) is 0. The molecule has 2 aromatic carbocycles. The number of benzene rings is 2. The van der Waals surface area contributed by atoms with E-state index in [9.17, 15) is 0 Å². The van der Waals surface area contributed by atoms with Gasteiger partial charge in [0.25, 0.3) is 0 Å². The lowest BCUT2D eigenvalue weighted by atomic mass is 10.1. The second kappa shape index (κ2) is 7.43. The highest BCUT2D eigenvalue weighted by atomic mass is 14.1. The first-order chi connectivity index (χ1) is 12.9. The maximum absolute atomic E-state index is 3.35. The van der Waals surface area contributed by atoms with Gasteiger partial charge in [-0.15, -0.1) is 0 Å². The van der Waals surface area contributed by atoms with E-state index in [1.165, 1.54) is 0 Å². The van der Waals surface area contributed by atoms with Crippen molar-refractivity contribution in [2.75, 3.05) is 0 Å². The predicted molar refractivity (Wildman–Crippen MR) is 108 cm³/mol. The van der Waals surface area contributed by atoms with Gasteiger partial charge in [0.05, 0.1) is 0 Å². The summed E-state index contributed by atoms with van der Waals surface area (Å²) in [7, 11) is 0. The molecule has 0 aromatic heterocycles. The van der Waals surface area contributed by atoms with Crippen molar-refractivity contribution in [2.24, 2.45) is 0 Å². The minimum absolute atomic E-state index is 0.971. The van der Waals surface area contributed by atoms with Gasteiger partial charge in [0, 0.05) is 22.3 Å². The first kappa shape index (κ1) is 15.8. The minimum atomic E-state index is 0.971. The summed E-state index contributed by atoms with van der Waals surface area (Å²) in [4.78, 5) is 0. The van der Waals surface area contributed by atoms with Gasteiger partial charge >= 0.3 is 0 Å². The van der Waals surface area contributed by atoms with E-state index in [4.69, 9.17) is 0 Å². The van der Waals surface area contributed by atoms with Crippen molar-refractivity contribution in [2.45, 2.75) is 0 Å². The van der Waals surface area contributed by atoms with Crippen LogP contribution < -0.4 is 0 Å². The Hall–Kier alpha value is -3.74. The van der Waals surface area contributed by atoms with Gasteiger partial charge < -0.3 is 0 Å². The van der Waals surface area contributed by atoms with Gasteiger partial charge in [-0.1, -0.05) is 90.4 Å². The van der Waals surface area contributed by atoms with Crippen LogP contribution in [0.3, 0.4) is 0 Å². The molecule has 4 rings (SSSR count). The summed E-state index contributed by atoms with van der Waals surface area (Å²) in [5.41, 5.74) is 6.26. The number of fused-ring (bicyclic) bond motifs is 1. The Labute approximate surface area is 154 Å². The van der Waals surface area contributed by atoms with Gasteiger partial charge in [-0.05, 0) is 41.5 Å². The maximum atomic E-state index is 3.35. The zero-order valence-corrected chi connectivity index (χ0v) is 14.2. The van der Waals surface area contributed by atoms with Crippen LogP contribution in [-0.4, -0.2) is 0 Å². The molecule has 0 radical (unpaired) electrons. The summed E-state index contributed by atoms with van der Waals surface area (Å²) in [6.07, 6.45) is 0. The summed E-state index contributed by atoms with van der Waals surface area (Å²) < 4.78 is 0. The molecule has 0 nitrogen and oxygen atoms in total. The lowest BCUT2D eigenvalue weighted by Crippen LogP contribution is -1.80. The van der Waals surface area contributed by atoms with Crippen molar-refractivity contribution in [3.63, 3.8) is 0 Å². The molecule has 2 aliphatic carbocycles. The van der Waals surface area contributed by atoms with Gasteiger partial charge in [0.15, 0.2) is 0 Å². The molecule has 0 atom stereocenters. The van der Waals surface area contributed by atoms with Crippen LogP contribution >= 0.6 is 0 Å². The molecule has 0 aliphatic heterocycles. The van der Waals surface area contributed by atoms with Crippen LogP contribution in [0.1, 0.15) is 22.3 Å². The van der Waals surface area contributed by atoms with Gasteiger partial charge in [0.2, 0.25) is 0 Å². The highest BCUT2D eigenvalue weighted by Gasteiger charge is 2.11. The third kappa shape index (κ3) is 3.51. The molecule has 0 heterocycles. The molecule has 2 aliphatic rings. The van der Waals surface area contributed by atoms with E-state index in [1.807, 2.05) is 78.9 Å². The van der Waals surface area contributed by atoms with E-state index in [0.29, 0.717) is 0 Å². The number of hydrogen-bond acceptors (Lipinski definition) is 0. The fraction of sp³-hybridized carbons (Fsp3) is 0. The summed E-state index contributed by atoms with van der Waals surface area (Å²) in [6, 6.07) is 32.6. The van der Waals surface area contributed by atoms with E-state index < -0.39 is 0 Å². The molecule has 26 heavy (non-hydrogen) atoms. The highest BCUT2D eigenvalue weighted by Crippen LogP contribution is 2.30. The van der Waals surface area contributed by atoms with E-state index in [1.54, 1.807) is 0 Å². The quantitative estimate of drug-likeness (QED) is 0.369. The van der Waals surface area contributed by atoms with Gasteiger partial charge in [-0.3, -0.25) is 0 Å². The lowest BCUT2D eigenvalue weighted by molar-refractivity contribution is 1.63. The third-order valence-electron chi connectivity index (χ3n) is 4.13. The molecule has 0 N–H and O–H groups in total. The van der Waals surface area contributed by atoms with E-state index in [0.717, 1.165) is 33.4 Å². The zero-order chi connectivity index (χ0) is 17.6. The summed E-state index contributed by atoms with van der Waals surface area (Å²) in [6.45, 7) is 0. The second-order valence-corrected chi connectivity index (χ2v) is 5.94. The predicted octanol–water partition coefficient (Wildman–Crippen LogP) is 5.59. The van der Waals surface area contributed by atoms with Crippen LogP contribution in [0.15, 0.2) is 97.1 Å². The van der Waals surface area contributed by atoms with Crippen LogP contribution in [0.5, 0.6) is 0 Å². The van der Waals surface area contributed by atoms with E-state index in [2.05, 4.69) is 41.9 Å². The Morgan fingerprint density at radius 2 is 1.00 bits per heavy atom. The first-order valence-corrected chi connectivity index (χ1v) is 8.56. The average Bonchev–Trinajstić information content (AvgIpc) is 2.86. The van der Waals surface area contributed by atoms with Crippen molar-refractivity contribution < 1.29 is 0 Å². The molecule has 0 saturated carbocycles. The van der Waals surface area contributed by atoms with Gasteiger partial charge in [0.1, 0.15) is 0 Å². The van der Waals surface area contributed by atoms with Gasteiger partial charge in [-0.25, -0.2) is 0 Å². The van der Waals surface area contributed by atoms with Crippen molar-refractivity contribution in [1.82, 2.24) is 0 Å². The van der Waals surface area contributed by atoms with Crippen LogP contribution in [0.4, 0.5) is 0 Å². The topological polar surface area (TPSA) is 0 Å². The van der Waals surface area contributed by atoms with Crippen LogP contribution in [0.2, 0.25) is 0 Å². The Morgan fingerprint density at radius 3 is 1.65 bits per heavy atom. The molecule has 0 spiro atoms. The third-order valence-corrected chi connectivity index (χ3v) is 4.13. The van der Waals surface area contributed by atoms with Crippen LogP contribution in [-0.2, 0) is 0 Å². The second-order valence-electron chi connectivity index (χ2n) is 5.94. The summed E-state index contributed by atoms with van der Waals surface area (Å²) in [5.74, 6) is 13.2. The molecular weight excluding hydrogens is 312 g/mol. The van der Waals surface area contributed by atoms with Crippen molar-refractivity contribution >= 4 is 0 Å². The minimum Gasteiger partial charge on any atom is -0.0622 e. The molecule has 0 unspecified atom stereocenters. The Bertz CT molecular complexity index is 1110. The standard InChI is InChI=1S/C26H16/c1-4-10-21(11-5-1)16-18-24-20-23-14-8-3-9-15-25(23)26(24)19-17-22-12-6-2-7-13-22/h1-15,20H. The normalized spacial score (nSPS) is 9.69. The number of hydrogen-bond donors (Lipinski definition) is 0. The number of rotatable bonds is 0. The molecule has 0 bridgehead atoms. The molecule has 2 aromatic rings. The van der Waals surface area contributed by atoms with Crippen LogP contribution in [0.25, 0.3) is 11.1 Å². The Morgan fingerprint density at radius 1 is 0.462 bits per heavy atom. The van der Waals surface area contributed by atoms with Crippen molar-refractivity contribution in [3.8, 4) is 34.8 Å². The fourth-order valence-electron chi connectivity index (χ4n) is 2.84. The summed E-state index contributed by atoms with van der Waals surface area (Å²) >= 11 is 0. The SMILES string of the molecule is C(#Cc1cc2cccccc-2c1C#Cc1ccccc1)c1ccccc1. The Kier molecular flexibility index (Phi) is 4.51. The lowest BCUT2D eigenvalue weighted by Gasteiger charge is -1.94. The van der Waals surface area contributed by atoms with Crippen molar-refractivity contribution in [1.29, 1.82) is 0 Å². The molecule has 120 valence electrons. The monoisotopic (exact) mass is 328 g/mol. The highest BCUT2D eigenvalue weighted by molar-refractivity contribution is 5.80. The van der Waals surface area contributed by atoms with E-state index >= 15 is 0 Å². The maximum Gasteiger partial charge on any atom is 0.0484 e. The first-order valence-electron chi connectivity index (χ1n) is 8.56. The molecule has 0 fully saturated rings. The largest absolute Gasteiger partial charge is 0.0622 e. The average molecular weight is 328 g/mol. The van der Waals surface area contributed by atoms with Crippen LogP contribution in [0, 0.1) is 23.7 Å². The molecule has 0 heteroatoms. The molecule has 0 saturated heterocycles. The molecular formula is C26H16. The smallest absolute Gasteiger partial charge is 0.0484 e. The Balaban J connectivity index is 1.83.